The van der Waals surface area contributed by atoms with Gasteiger partial charge in [-0.3, -0.25) is 0 Å². The summed E-state index contributed by atoms with van der Waals surface area (Å²) in [6.45, 7) is 0.466. The molecule has 114 valence electrons. The van der Waals surface area contributed by atoms with E-state index in [1.54, 1.807) is 14.2 Å². The first-order chi connectivity index (χ1) is 10.3. The first kappa shape index (κ1) is 13.5. The van der Waals surface area contributed by atoms with Crippen molar-refractivity contribution in [2.75, 3.05) is 20.8 Å². The average molecular weight is 294 g/mol. The largest absolute Gasteiger partial charge is 0.497 e. The molecule has 0 radical (unpaired) electrons. The zero-order chi connectivity index (χ0) is 14.4. The molecule has 6 heteroatoms. The molecule has 0 saturated carbocycles. The minimum absolute atomic E-state index is 0.0223. The van der Waals surface area contributed by atoms with Gasteiger partial charge in [0.2, 0.25) is 0 Å². The van der Waals surface area contributed by atoms with E-state index in [2.05, 4.69) is 0 Å². The number of methoxy groups -OCH3 is 2. The fraction of sp³-hybridized carbons (Fsp3) is 0.600. The molecule has 3 saturated heterocycles. The molecule has 1 aromatic carbocycles. The van der Waals surface area contributed by atoms with E-state index in [4.69, 9.17) is 28.4 Å². The molecule has 21 heavy (non-hydrogen) atoms. The summed E-state index contributed by atoms with van der Waals surface area (Å²) in [5, 5.41) is 0. The Bertz CT molecular complexity index is 503. The van der Waals surface area contributed by atoms with E-state index in [0.717, 1.165) is 11.3 Å². The Labute approximate surface area is 122 Å². The summed E-state index contributed by atoms with van der Waals surface area (Å²) in [4.78, 5) is 0. The van der Waals surface area contributed by atoms with Crippen molar-refractivity contribution < 1.29 is 28.4 Å². The number of epoxide rings is 1. The van der Waals surface area contributed by atoms with Crippen LogP contribution >= 0.6 is 0 Å². The molecule has 3 fully saturated rings. The Morgan fingerprint density at radius 1 is 0.952 bits per heavy atom. The second-order valence-electron chi connectivity index (χ2n) is 5.38. The van der Waals surface area contributed by atoms with E-state index >= 15 is 0 Å². The molecule has 1 aromatic rings. The molecule has 0 aliphatic carbocycles. The Balaban J connectivity index is 1.47. The minimum Gasteiger partial charge on any atom is -0.497 e. The molecule has 6 nitrogen and oxygen atoms in total. The Morgan fingerprint density at radius 3 is 2.48 bits per heavy atom. The van der Waals surface area contributed by atoms with Gasteiger partial charge < -0.3 is 28.4 Å². The quantitative estimate of drug-likeness (QED) is 0.782. The van der Waals surface area contributed by atoms with E-state index in [1.807, 2.05) is 24.3 Å². The fourth-order valence-electron chi connectivity index (χ4n) is 2.95. The van der Waals surface area contributed by atoms with E-state index in [0.29, 0.717) is 6.61 Å². The van der Waals surface area contributed by atoms with Crippen molar-refractivity contribution in [2.45, 2.75) is 37.0 Å². The predicted octanol–water partition coefficient (Wildman–Crippen LogP) is 1.25. The highest BCUT2D eigenvalue weighted by Gasteiger charge is 2.60. The second kappa shape index (κ2) is 5.23. The van der Waals surface area contributed by atoms with Gasteiger partial charge in [-0.2, -0.15) is 0 Å². The molecule has 4 rings (SSSR count). The molecule has 3 aliphatic heterocycles. The van der Waals surface area contributed by atoms with Crippen molar-refractivity contribution in [3.05, 3.63) is 29.8 Å². The van der Waals surface area contributed by atoms with Gasteiger partial charge in [0.15, 0.2) is 12.6 Å². The van der Waals surface area contributed by atoms with Crippen molar-refractivity contribution in [3.63, 3.8) is 0 Å². The zero-order valence-corrected chi connectivity index (χ0v) is 11.9. The highest BCUT2D eigenvalue weighted by Crippen LogP contribution is 2.43. The van der Waals surface area contributed by atoms with Crippen molar-refractivity contribution in [1.82, 2.24) is 0 Å². The van der Waals surface area contributed by atoms with Crippen LogP contribution in [0.1, 0.15) is 11.9 Å². The summed E-state index contributed by atoms with van der Waals surface area (Å²) in [5.41, 5.74) is 0.959. The number of ether oxygens (including phenoxy) is 6. The maximum atomic E-state index is 6.03. The third kappa shape index (κ3) is 2.33. The van der Waals surface area contributed by atoms with Crippen LogP contribution in [0.2, 0.25) is 0 Å². The van der Waals surface area contributed by atoms with E-state index in [9.17, 15) is 0 Å². The van der Waals surface area contributed by atoms with Crippen LogP contribution in [0.4, 0.5) is 0 Å². The van der Waals surface area contributed by atoms with Gasteiger partial charge in [-0.1, -0.05) is 12.1 Å². The number of hydrogen-bond acceptors (Lipinski definition) is 6. The summed E-state index contributed by atoms with van der Waals surface area (Å²) in [5.74, 6) is 0.807. The van der Waals surface area contributed by atoms with Crippen LogP contribution in [0.25, 0.3) is 0 Å². The van der Waals surface area contributed by atoms with Gasteiger partial charge in [-0.15, -0.1) is 0 Å². The normalized spacial score (nSPS) is 41.0. The monoisotopic (exact) mass is 294 g/mol. The molecular formula is C15H18O6. The molecular weight excluding hydrogens is 276 g/mol. The Hall–Kier alpha value is -1.18. The van der Waals surface area contributed by atoms with Crippen LogP contribution in [-0.2, 0) is 23.7 Å². The maximum absolute atomic E-state index is 6.03. The lowest BCUT2D eigenvalue weighted by Crippen LogP contribution is -2.52. The van der Waals surface area contributed by atoms with Crippen LogP contribution in [0, 0.1) is 0 Å². The standard InChI is InChI=1S/C15H18O6/c1-16-9-5-3-8(4-6-9)14-18-7-10-11(21-14)12-13(20-12)15(17-2)19-10/h3-6,10-15H,7H2,1-2H3/t10?,11-,12?,13?,14?,15+/m1/s1. The molecule has 0 aromatic heterocycles. The first-order valence-electron chi connectivity index (χ1n) is 7.05. The smallest absolute Gasteiger partial charge is 0.186 e. The van der Waals surface area contributed by atoms with Crippen molar-refractivity contribution in [2.24, 2.45) is 0 Å². The predicted molar refractivity (Wildman–Crippen MR) is 70.9 cm³/mol. The molecule has 0 spiro atoms. The van der Waals surface area contributed by atoms with Gasteiger partial charge in [-0.25, -0.2) is 0 Å². The Kier molecular flexibility index (Phi) is 3.35. The lowest BCUT2D eigenvalue weighted by Gasteiger charge is -2.39. The topological polar surface area (TPSA) is 58.7 Å². The summed E-state index contributed by atoms with van der Waals surface area (Å²) >= 11 is 0. The molecule has 3 heterocycles. The number of hydrogen-bond donors (Lipinski definition) is 0. The van der Waals surface area contributed by atoms with Crippen LogP contribution in [0.15, 0.2) is 24.3 Å². The second-order valence-corrected chi connectivity index (χ2v) is 5.38. The highest BCUT2D eigenvalue weighted by molar-refractivity contribution is 5.28. The number of fused-ring (bicyclic) bond motifs is 3. The summed E-state index contributed by atoms with van der Waals surface area (Å²) in [6.07, 6.45) is -0.953. The van der Waals surface area contributed by atoms with Crippen molar-refractivity contribution in [3.8, 4) is 5.75 Å². The number of benzene rings is 1. The van der Waals surface area contributed by atoms with E-state index in [1.165, 1.54) is 0 Å². The van der Waals surface area contributed by atoms with E-state index in [-0.39, 0.29) is 30.7 Å². The van der Waals surface area contributed by atoms with Crippen LogP contribution in [0.3, 0.4) is 0 Å². The van der Waals surface area contributed by atoms with Gasteiger partial charge >= 0.3 is 0 Å². The van der Waals surface area contributed by atoms with Gasteiger partial charge in [0, 0.05) is 12.7 Å². The number of rotatable bonds is 3. The molecule has 0 N–H and O–H groups in total. The SMILES string of the molecule is COc1ccc(C2OCC3O[C@H](OC)C4OC4[C@@H]3O2)cc1. The summed E-state index contributed by atoms with van der Waals surface area (Å²) in [6, 6.07) is 7.67. The molecule has 0 amide bonds. The lowest BCUT2D eigenvalue weighted by atomic mass is 10.0. The van der Waals surface area contributed by atoms with Gasteiger partial charge in [0.1, 0.15) is 30.2 Å². The molecule has 3 aliphatic rings. The lowest BCUT2D eigenvalue weighted by molar-refractivity contribution is -0.304. The van der Waals surface area contributed by atoms with Gasteiger partial charge in [0.25, 0.3) is 0 Å². The fourth-order valence-corrected chi connectivity index (χ4v) is 2.95. The summed E-state index contributed by atoms with van der Waals surface area (Å²) < 4.78 is 33.6. The van der Waals surface area contributed by atoms with Gasteiger partial charge in [0.05, 0.1) is 13.7 Å². The average Bonchev–Trinajstić information content (AvgIpc) is 3.34. The van der Waals surface area contributed by atoms with E-state index < -0.39 is 6.29 Å². The van der Waals surface area contributed by atoms with Crippen molar-refractivity contribution in [1.29, 1.82) is 0 Å². The third-order valence-electron chi connectivity index (χ3n) is 4.14. The van der Waals surface area contributed by atoms with Crippen LogP contribution in [-0.4, -0.2) is 51.5 Å². The zero-order valence-electron chi connectivity index (χ0n) is 11.9. The van der Waals surface area contributed by atoms with Crippen LogP contribution in [0.5, 0.6) is 5.75 Å². The maximum Gasteiger partial charge on any atom is 0.186 e. The molecule has 6 atom stereocenters. The highest BCUT2D eigenvalue weighted by atomic mass is 16.8. The minimum atomic E-state index is -0.398. The third-order valence-corrected chi connectivity index (χ3v) is 4.14. The first-order valence-corrected chi connectivity index (χ1v) is 7.05. The van der Waals surface area contributed by atoms with Crippen molar-refractivity contribution >= 4 is 0 Å². The Morgan fingerprint density at radius 2 is 1.76 bits per heavy atom. The molecule has 4 unspecified atom stereocenters. The van der Waals surface area contributed by atoms with Gasteiger partial charge in [-0.05, 0) is 12.1 Å². The molecule has 0 bridgehead atoms. The summed E-state index contributed by atoms with van der Waals surface area (Å²) in [7, 11) is 3.26. The van der Waals surface area contributed by atoms with Crippen LogP contribution < -0.4 is 4.74 Å².